The topological polar surface area (TPSA) is 127 Å². The maximum atomic E-state index is 12.0. The summed E-state index contributed by atoms with van der Waals surface area (Å²) in [6.07, 6.45) is 2.89. The molecule has 0 radical (unpaired) electrons. The van der Waals surface area contributed by atoms with Crippen LogP contribution in [-0.4, -0.2) is 36.5 Å². The maximum Gasteiger partial charge on any atom is 0.271 e. The summed E-state index contributed by atoms with van der Waals surface area (Å²) < 4.78 is 0. The zero-order valence-electron chi connectivity index (χ0n) is 12.0. The molecule has 3 rings (SSSR count). The molecule has 2 N–H and O–H groups in total. The zero-order chi connectivity index (χ0) is 16.2. The second kappa shape index (κ2) is 7.70. The quantitative estimate of drug-likeness (QED) is 0.307. The van der Waals surface area contributed by atoms with E-state index in [2.05, 4.69) is 25.3 Å². The van der Waals surface area contributed by atoms with E-state index in [1.165, 1.54) is 42.6 Å². The lowest BCUT2D eigenvalue weighted by Crippen LogP contribution is -2.14. The van der Waals surface area contributed by atoms with E-state index in [9.17, 15) is 14.9 Å². The lowest BCUT2D eigenvalue weighted by Gasteiger charge is -2.05. The summed E-state index contributed by atoms with van der Waals surface area (Å²) in [7, 11) is 0. The molecule has 0 aliphatic rings. The van der Waals surface area contributed by atoms with E-state index in [4.69, 9.17) is 0 Å². The summed E-state index contributed by atoms with van der Waals surface area (Å²) in [6, 6.07) is 5.77. The number of fused-ring (bicyclic) bond motifs is 1. The number of nitro groups is 1. The van der Waals surface area contributed by atoms with Gasteiger partial charge in [-0.05, 0) is 6.07 Å². The number of imidazole rings is 1. The molecule has 0 spiro atoms. The molecular formula is C13H11ClN6O3S. The average Bonchev–Trinajstić information content (AvgIpc) is 3.02. The molecule has 11 heteroatoms. The van der Waals surface area contributed by atoms with Gasteiger partial charge in [0, 0.05) is 17.8 Å². The summed E-state index contributed by atoms with van der Waals surface area (Å²) in [6.45, 7) is 0. The fourth-order valence-electron chi connectivity index (χ4n) is 1.88. The molecule has 0 saturated heterocycles. The number of anilines is 1. The second-order valence-corrected chi connectivity index (χ2v) is 5.39. The first-order chi connectivity index (χ1) is 11.1. The van der Waals surface area contributed by atoms with Crippen molar-refractivity contribution in [2.24, 2.45) is 0 Å². The van der Waals surface area contributed by atoms with Crippen molar-refractivity contribution in [3.63, 3.8) is 0 Å². The van der Waals surface area contributed by atoms with Crippen molar-refractivity contribution < 1.29 is 9.72 Å². The standard InChI is InChI=1S/C13H10N6O3S.ClH/c20-10(18-8-2-1-3-9(4-8)19(21)22)5-23-13-11-12(15-6-14-11)16-7-17-13;/h1-4,6-7H,5H2,(H,18,20)(H,14,15,16,17);1H. The second-order valence-electron chi connectivity index (χ2n) is 4.42. The van der Waals surface area contributed by atoms with E-state index in [1.807, 2.05) is 0 Å². The number of halogens is 1. The Morgan fingerprint density at radius 2 is 2.17 bits per heavy atom. The van der Waals surface area contributed by atoms with Crippen molar-refractivity contribution in [3.8, 4) is 0 Å². The van der Waals surface area contributed by atoms with Crippen LogP contribution in [0.1, 0.15) is 0 Å². The van der Waals surface area contributed by atoms with E-state index in [-0.39, 0.29) is 29.8 Å². The molecular weight excluding hydrogens is 356 g/mol. The SMILES string of the molecule is Cl.O=C(CSc1ncnc2nc[nH]c12)Nc1cccc([N+](=O)[O-])c1. The number of hydrogen-bond acceptors (Lipinski definition) is 7. The van der Waals surface area contributed by atoms with Gasteiger partial charge in [-0.15, -0.1) is 12.4 Å². The molecule has 3 aromatic rings. The highest BCUT2D eigenvalue weighted by Gasteiger charge is 2.11. The van der Waals surface area contributed by atoms with E-state index < -0.39 is 4.92 Å². The summed E-state index contributed by atoms with van der Waals surface area (Å²) in [5.41, 5.74) is 1.49. The van der Waals surface area contributed by atoms with Crippen molar-refractivity contribution in [3.05, 3.63) is 47.0 Å². The first kappa shape index (κ1) is 17.6. The number of nitrogens with zero attached hydrogens (tertiary/aromatic N) is 4. The minimum Gasteiger partial charge on any atom is -0.341 e. The Morgan fingerprint density at radius 1 is 1.33 bits per heavy atom. The lowest BCUT2D eigenvalue weighted by atomic mass is 10.3. The fourth-order valence-corrected chi connectivity index (χ4v) is 2.64. The number of nitro benzene ring substituents is 1. The van der Waals surface area contributed by atoms with Crippen LogP contribution in [-0.2, 0) is 4.79 Å². The van der Waals surface area contributed by atoms with Gasteiger partial charge in [-0.3, -0.25) is 14.9 Å². The highest BCUT2D eigenvalue weighted by Crippen LogP contribution is 2.22. The molecule has 1 aromatic carbocycles. The van der Waals surface area contributed by atoms with Crippen molar-refractivity contribution >= 4 is 52.6 Å². The van der Waals surface area contributed by atoms with Crippen LogP contribution in [0.4, 0.5) is 11.4 Å². The minimum absolute atomic E-state index is 0. The fraction of sp³-hybridized carbons (Fsp3) is 0.0769. The molecule has 0 saturated carbocycles. The van der Waals surface area contributed by atoms with Crippen LogP contribution in [0.5, 0.6) is 0 Å². The molecule has 24 heavy (non-hydrogen) atoms. The Morgan fingerprint density at radius 3 is 2.96 bits per heavy atom. The van der Waals surface area contributed by atoms with Gasteiger partial charge in [-0.1, -0.05) is 17.8 Å². The molecule has 0 fully saturated rings. The number of nitrogens with one attached hydrogen (secondary N) is 2. The first-order valence-corrected chi connectivity index (χ1v) is 7.43. The largest absolute Gasteiger partial charge is 0.341 e. The number of carbonyl (C=O) groups excluding carboxylic acids is 1. The van der Waals surface area contributed by atoms with Gasteiger partial charge in [0.25, 0.3) is 5.69 Å². The summed E-state index contributed by atoms with van der Waals surface area (Å²) in [4.78, 5) is 37.2. The number of aromatic amines is 1. The molecule has 9 nitrogen and oxygen atoms in total. The third-order valence-electron chi connectivity index (χ3n) is 2.87. The van der Waals surface area contributed by atoms with Crippen LogP contribution in [0.3, 0.4) is 0 Å². The summed E-state index contributed by atoms with van der Waals surface area (Å²) in [5, 5.41) is 13.9. The van der Waals surface area contributed by atoms with Crippen LogP contribution < -0.4 is 5.32 Å². The Bertz CT molecular complexity index is 887. The Labute approximate surface area is 145 Å². The van der Waals surface area contributed by atoms with E-state index in [1.54, 1.807) is 6.07 Å². The van der Waals surface area contributed by atoms with Crippen LogP contribution >= 0.6 is 24.2 Å². The van der Waals surface area contributed by atoms with Gasteiger partial charge < -0.3 is 10.3 Å². The first-order valence-electron chi connectivity index (χ1n) is 6.44. The molecule has 0 bridgehead atoms. The van der Waals surface area contributed by atoms with Gasteiger partial charge in [-0.25, -0.2) is 15.0 Å². The van der Waals surface area contributed by atoms with E-state index >= 15 is 0 Å². The van der Waals surface area contributed by atoms with Crippen molar-refractivity contribution in [1.82, 2.24) is 19.9 Å². The highest BCUT2D eigenvalue weighted by molar-refractivity contribution is 8.00. The molecule has 2 aromatic heterocycles. The van der Waals surface area contributed by atoms with Crippen molar-refractivity contribution in [2.45, 2.75) is 5.03 Å². The van der Waals surface area contributed by atoms with Gasteiger partial charge in [-0.2, -0.15) is 0 Å². The predicted molar refractivity (Wildman–Crippen MR) is 91.4 cm³/mol. The molecule has 124 valence electrons. The number of non-ortho nitro benzene ring substituents is 1. The molecule has 0 aliphatic heterocycles. The normalized spacial score (nSPS) is 10.2. The van der Waals surface area contributed by atoms with Gasteiger partial charge in [0.05, 0.1) is 17.0 Å². The minimum atomic E-state index is -0.514. The number of benzene rings is 1. The number of carbonyl (C=O) groups is 1. The molecule has 0 atom stereocenters. The highest BCUT2D eigenvalue weighted by atomic mass is 35.5. The predicted octanol–water partition coefficient (Wildman–Crippen LogP) is 2.41. The van der Waals surface area contributed by atoms with Crippen LogP contribution in [0.15, 0.2) is 41.9 Å². The summed E-state index contributed by atoms with van der Waals surface area (Å²) in [5.74, 6) is -0.185. The number of rotatable bonds is 5. The monoisotopic (exact) mass is 366 g/mol. The number of amides is 1. The molecule has 0 aliphatic carbocycles. The Kier molecular flexibility index (Phi) is 5.66. The van der Waals surface area contributed by atoms with Gasteiger partial charge in [0.15, 0.2) is 5.65 Å². The number of aromatic nitrogens is 4. The Hall–Kier alpha value is -2.72. The van der Waals surface area contributed by atoms with Crippen molar-refractivity contribution in [2.75, 3.05) is 11.1 Å². The third-order valence-corrected chi connectivity index (χ3v) is 3.86. The number of H-pyrrole nitrogens is 1. The van der Waals surface area contributed by atoms with Crippen LogP contribution in [0.25, 0.3) is 11.2 Å². The summed E-state index contributed by atoms with van der Waals surface area (Å²) >= 11 is 1.22. The average molecular weight is 367 g/mol. The smallest absolute Gasteiger partial charge is 0.271 e. The van der Waals surface area contributed by atoms with Crippen LogP contribution in [0.2, 0.25) is 0 Å². The Balaban J connectivity index is 0.00000208. The molecule has 0 unspecified atom stereocenters. The van der Waals surface area contributed by atoms with Gasteiger partial charge in [0.1, 0.15) is 16.9 Å². The van der Waals surface area contributed by atoms with E-state index in [0.29, 0.717) is 21.9 Å². The maximum absolute atomic E-state index is 12.0. The van der Waals surface area contributed by atoms with E-state index in [0.717, 1.165) is 0 Å². The number of hydrogen-bond donors (Lipinski definition) is 2. The number of thioether (sulfide) groups is 1. The van der Waals surface area contributed by atoms with Crippen molar-refractivity contribution in [1.29, 1.82) is 0 Å². The lowest BCUT2D eigenvalue weighted by molar-refractivity contribution is -0.384. The molecule has 2 heterocycles. The third kappa shape index (κ3) is 3.97. The van der Waals surface area contributed by atoms with Crippen LogP contribution in [0, 0.1) is 10.1 Å². The van der Waals surface area contributed by atoms with Gasteiger partial charge in [0.2, 0.25) is 5.91 Å². The van der Waals surface area contributed by atoms with Gasteiger partial charge >= 0.3 is 0 Å². The molecule has 1 amide bonds. The zero-order valence-corrected chi connectivity index (χ0v) is 13.6.